The number of nitrogens with one attached hydrogen (secondary N) is 2. The highest BCUT2D eigenvalue weighted by Gasteiger charge is 2.14. The van der Waals surface area contributed by atoms with Crippen LogP contribution in [-0.4, -0.2) is 36.3 Å². The third-order valence-corrected chi connectivity index (χ3v) is 5.28. The minimum Gasteiger partial charge on any atom is -0.352 e. The molecule has 0 unspecified atom stereocenters. The highest BCUT2D eigenvalue weighted by Crippen LogP contribution is 2.18. The third-order valence-electron chi connectivity index (χ3n) is 5.28. The van der Waals surface area contributed by atoms with E-state index >= 15 is 0 Å². The summed E-state index contributed by atoms with van der Waals surface area (Å²) in [6, 6.07) is 14.9. The Kier molecular flexibility index (Phi) is 7.82. The summed E-state index contributed by atoms with van der Waals surface area (Å²) < 4.78 is 0. The lowest BCUT2D eigenvalue weighted by Gasteiger charge is -2.19. The molecule has 29 heavy (non-hydrogen) atoms. The lowest BCUT2D eigenvalue weighted by atomic mass is 10.1. The highest BCUT2D eigenvalue weighted by atomic mass is 16.2. The van der Waals surface area contributed by atoms with Gasteiger partial charge in [0.05, 0.1) is 11.3 Å². The lowest BCUT2D eigenvalue weighted by Crippen LogP contribution is -2.26. The molecule has 0 aliphatic carbocycles. The second-order valence-electron chi connectivity index (χ2n) is 7.64. The third kappa shape index (κ3) is 6.16. The van der Waals surface area contributed by atoms with Crippen molar-refractivity contribution in [3.8, 4) is 0 Å². The number of anilines is 1. The summed E-state index contributed by atoms with van der Waals surface area (Å²) in [5.74, 6) is -0.377. The molecule has 154 valence electrons. The summed E-state index contributed by atoms with van der Waals surface area (Å²) in [5.41, 5.74) is 2.82. The Morgan fingerprint density at radius 1 is 0.897 bits per heavy atom. The number of hydrogen-bond donors (Lipinski definition) is 2. The largest absolute Gasteiger partial charge is 0.352 e. The molecule has 2 aromatic rings. The first-order valence-corrected chi connectivity index (χ1v) is 10.7. The van der Waals surface area contributed by atoms with Crippen molar-refractivity contribution in [1.82, 2.24) is 10.2 Å². The molecule has 1 heterocycles. The van der Waals surface area contributed by atoms with Gasteiger partial charge in [-0.2, -0.15) is 0 Å². The van der Waals surface area contributed by atoms with Crippen molar-refractivity contribution in [3.63, 3.8) is 0 Å². The normalized spacial score (nSPS) is 14.8. The molecule has 1 saturated heterocycles. The van der Waals surface area contributed by atoms with Gasteiger partial charge in [-0.1, -0.05) is 44.0 Å². The fourth-order valence-corrected chi connectivity index (χ4v) is 3.63. The first kappa shape index (κ1) is 21.1. The lowest BCUT2D eigenvalue weighted by molar-refractivity contribution is 0.0954. The molecule has 1 aliphatic rings. The molecule has 0 atom stereocenters. The van der Waals surface area contributed by atoms with Crippen molar-refractivity contribution in [3.05, 3.63) is 65.2 Å². The monoisotopic (exact) mass is 393 g/mol. The predicted molar refractivity (Wildman–Crippen MR) is 117 cm³/mol. The summed E-state index contributed by atoms with van der Waals surface area (Å²) in [4.78, 5) is 27.5. The van der Waals surface area contributed by atoms with E-state index in [1.807, 2.05) is 37.3 Å². The van der Waals surface area contributed by atoms with E-state index in [2.05, 4.69) is 15.5 Å². The first-order valence-electron chi connectivity index (χ1n) is 10.7. The fraction of sp³-hybridized carbons (Fsp3) is 0.417. The van der Waals surface area contributed by atoms with Crippen LogP contribution in [-0.2, 0) is 6.54 Å². The average Bonchev–Trinajstić information content (AvgIpc) is 3.01. The SMILES string of the molecule is CCCNC(=O)c1ccccc1NC(=O)c1ccc(CN2CCCCCC2)cc1. The van der Waals surface area contributed by atoms with Gasteiger partial charge < -0.3 is 10.6 Å². The molecule has 0 spiro atoms. The molecule has 2 amide bonds. The van der Waals surface area contributed by atoms with Crippen molar-refractivity contribution in [2.45, 2.75) is 45.6 Å². The van der Waals surface area contributed by atoms with Gasteiger partial charge >= 0.3 is 0 Å². The Morgan fingerprint density at radius 3 is 2.28 bits per heavy atom. The maximum absolute atomic E-state index is 12.7. The molecular formula is C24H31N3O2. The number of carbonyl (C=O) groups is 2. The van der Waals surface area contributed by atoms with E-state index in [1.54, 1.807) is 18.2 Å². The first-order chi connectivity index (χ1) is 14.2. The van der Waals surface area contributed by atoms with E-state index in [0.29, 0.717) is 23.4 Å². The van der Waals surface area contributed by atoms with Crippen LogP contribution >= 0.6 is 0 Å². The fourth-order valence-electron chi connectivity index (χ4n) is 3.63. The summed E-state index contributed by atoms with van der Waals surface area (Å²) in [7, 11) is 0. The van der Waals surface area contributed by atoms with Crippen LogP contribution in [0.4, 0.5) is 5.69 Å². The summed E-state index contributed by atoms with van der Waals surface area (Å²) in [6.45, 7) is 5.85. The Bertz CT molecular complexity index is 809. The van der Waals surface area contributed by atoms with Gasteiger partial charge in [-0.3, -0.25) is 14.5 Å². The molecule has 0 radical (unpaired) electrons. The Labute approximate surface area is 173 Å². The molecule has 3 rings (SSSR count). The van der Waals surface area contributed by atoms with Crippen LogP contribution in [0.25, 0.3) is 0 Å². The number of likely N-dealkylation sites (tertiary alicyclic amines) is 1. The molecule has 0 saturated carbocycles. The maximum atomic E-state index is 12.7. The summed E-state index contributed by atoms with van der Waals surface area (Å²) in [5, 5.41) is 5.74. The Morgan fingerprint density at radius 2 is 1.59 bits per heavy atom. The second kappa shape index (κ2) is 10.8. The predicted octanol–water partition coefficient (Wildman–Crippen LogP) is 4.45. The van der Waals surface area contributed by atoms with Gasteiger partial charge in [0.15, 0.2) is 0 Å². The molecule has 5 heteroatoms. The topological polar surface area (TPSA) is 61.4 Å². The number of amides is 2. The molecular weight excluding hydrogens is 362 g/mol. The van der Waals surface area contributed by atoms with Crippen molar-refractivity contribution in [2.24, 2.45) is 0 Å². The van der Waals surface area contributed by atoms with E-state index in [9.17, 15) is 9.59 Å². The second-order valence-corrected chi connectivity index (χ2v) is 7.64. The zero-order valence-corrected chi connectivity index (χ0v) is 17.2. The Hall–Kier alpha value is -2.66. The van der Waals surface area contributed by atoms with E-state index in [1.165, 1.54) is 31.2 Å². The van der Waals surface area contributed by atoms with Gasteiger partial charge in [-0.25, -0.2) is 0 Å². The van der Waals surface area contributed by atoms with Crippen LogP contribution in [0.1, 0.15) is 65.3 Å². The number of carbonyl (C=O) groups excluding carboxylic acids is 2. The van der Waals surface area contributed by atoms with E-state index < -0.39 is 0 Å². The molecule has 0 aromatic heterocycles. The van der Waals surface area contributed by atoms with Gasteiger partial charge in [0.25, 0.3) is 11.8 Å². The molecule has 2 N–H and O–H groups in total. The van der Waals surface area contributed by atoms with Gasteiger partial charge in [0.1, 0.15) is 0 Å². The number of para-hydroxylation sites is 1. The molecule has 1 fully saturated rings. The van der Waals surface area contributed by atoms with Crippen LogP contribution in [0.15, 0.2) is 48.5 Å². The Balaban J connectivity index is 1.63. The van der Waals surface area contributed by atoms with E-state index in [-0.39, 0.29) is 11.8 Å². The molecule has 0 bridgehead atoms. The zero-order chi connectivity index (χ0) is 20.5. The molecule has 1 aliphatic heterocycles. The number of benzene rings is 2. The van der Waals surface area contributed by atoms with Gasteiger partial charge in [-0.05, 0) is 62.2 Å². The van der Waals surface area contributed by atoms with E-state index in [4.69, 9.17) is 0 Å². The van der Waals surface area contributed by atoms with Crippen LogP contribution in [0.3, 0.4) is 0 Å². The standard InChI is InChI=1S/C24H31N3O2/c1-2-15-25-24(29)21-9-5-6-10-22(21)26-23(28)20-13-11-19(12-14-20)18-27-16-7-3-4-8-17-27/h5-6,9-14H,2-4,7-8,15-18H2,1H3,(H,25,29)(H,26,28). The van der Waals surface area contributed by atoms with Gasteiger partial charge in [-0.15, -0.1) is 0 Å². The highest BCUT2D eigenvalue weighted by molar-refractivity contribution is 6.09. The van der Waals surface area contributed by atoms with Crippen LogP contribution < -0.4 is 10.6 Å². The smallest absolute Gasteiger partial charge is 0.255 e. The minimum atomic E-state index is -0.206. The van der Waals surface area contributed by atoms with Gasteiger partial charge in [0.2, 0.25) is 0 Å². The van der Waals surface area contributed by atoms with Crippen molar-refractivity contribution in [2.75, 3.05) is 25.0 Å². The zero-order valence-electron chi connectivity index (χ0n) is 17.2. The number of hydrogen-bond acceptors (Lipinski definition) is 3. The van der Waals surface area contributed by atoms with Crippen molar-refractivity contribution < 1.29 is 9.59 Å². The van der Waals surface area contributed by atoms with Crippen LogP contribution in [0.2, 0.25) is 0 Å². The summed E-state index contributed by atoms with van der Waals surface area (Å²) >= 11 is 0. The quantitative estimate of drug-likeness (QED) is 0.730. The number of rotatable bonds is 7. The van der Waals surface area contributed by atoms with E-state index in [0.717, 1.165) is 26.1 Å². The van der Waals surface area contributed by atoms with Crippen molar-refractivity contribution in [1.29, 1.82) is 0 Å². The average molecular weight is 394 g/mol. The number of nitrogens with zero attached hydrogens (tertiary/aromatic N) is 1. The van der Waals surface area contributed by atoms with Crippen LogP contribution in [0.5, 0.6) is 0 Å². The maximum Gasteiger partial charge on any atom is 0.255 e. The molecule has 5 nitrogen and oxygen atoms in total. The van der Waals surface area contributed by atoms with Crippen LogP contribution in [0, 0.1) is 0 Å². The summed E-state index contributed by atoms with van der Waals surface area (Å²) in [6.07, 6.45) is 6.06. The van der Waals surface area contributed by atoms with Crippen molar-refractivity contribution >= 4 is 17.5 Å². The van der Waals surface area contributed by atoms with Gasteiger partial charge in [0, 0.05) is 18.7 Å². The molecule has 2 aromatic carbocycles. The minimum absolute atomic E-state index is 0.171.